The van der Waals surface area contributed by atoms with Crippen molar-refractivity contribution in [3.63, 3.8) is 0 Å². The minimum absolute atomic E-state index is 0. The third-order valence-corrected chi connectivity index (χ3v) is 4.18. The second kappa shape index (κ2) is 9.23. The molecule has 1 aromatic carbocycles. The smallest absolute Gasteiger partial charge is 0.234 e. The normalized spacial score (nSPS) is 16.9. The quantitative estimate of drug-likeness (QED) is 0.788. The number of halogens is 1. The molecule has 1 aliphatic rings. The Morgan fingerprint density at radius 2 is 2.25 bits per heavy atom. The van der Waals surface area contributed by atoms with Gasteiger partial charge in [0.15, 0.2) is 0 Å². The summed E-state index contributed by atoms with van der Waals surface area (Å²) in [5.41, 5.74) is 1.24. The molecule has 2 rings (SSSR count). The van der Waals surface area contributed by atoms with Crippen molar-refractivity contribution in [2.75, 3.05) is 32.6 Å². The number of benzene rings is 1. The van der Waals surface area contributed by atoms with E-state index in [4.69, 9.17) is 4.74 Å². The summed E-state index contributed by atoms with van der Waals surface area (Å²) < 4.78 is 4.92. The summed E-state index contributed by atoms with van der Waals surface area (Å²) in [6, 6.07) is 8.44. The third kappa shape index (κ3) is 4.98. The van der Waals surface area contributed by atoms with Crippen LogP contribution in [-0.2, 0) is 9.53 Å². The lowest BCUT2D eigenvalue weighted by molar-refractivity contribution is -0.121. The van der Waals surface area contributed by atoms with E-state index in [1.165, 1.54) is 10.5 Å². The molecule has 1 aromatic rings. The van der Waals surface area contributed by atoms with E-state index in [-0.39, 0.29) is 24.4 Å². The van der Waals surface area contributed by atoms with Crippen molar-refractivity contribution in [2.45, 2.75) is 17.4 Å². The molecule has 0 spiro atoms. The molecule has 0 aliphatic carbocycles. The Bertz CT molecular complexity index is 431. The summed E-state index contributed by atoms with van der Waals surface area (Å²) in [6.45, 7) is 1.66. The van der Waals surface area contributed by atoms with Gasteiger partial charge in [-0.3, -0.25) is 4.79 Å². The Morgan fingerprint density at radius 1 is 1.45 bits per heavy atom. The predicted octanol–water partition coefficient (Wildman–Crippen LogP) is 2.00. The first-order valence-electron chi connectivity index (χ1n) is 6.52. The number of carbonyl (C=O) groups is 1. The van der Waals surface area contributed by atoms with Crippen LogP contribution in [0.25, 0.3) is 0 Å². The maximum atomic E-state index is 11.9. The highest BCUT2D eigenvalue weighted by Gasteiger charge is 2.21. The average Bonchev–Trinajstić information content (AvgIpc) is 2.44. The van der Waals surface area contributed by atoms with Crippen LogP contribution in [0.1, 0.15) is 18.0 Å². The highest BCUT2D eigenvalue weighted by atomic mass is 35.5. The number of thioether (sulfide) groups is 1. The zero-order valence-corrected chi connectivity index (χ0v) is 13.2. The van der Waals surface area contributed by atoms with E-state index >= 15 is 0 Å². The number of fused-ring (bicyclic) bond motifs is 1. The zero-order chi connectivity index (χ0) is 13.5. The molecule has 1 amide bonds. The second-order valence-corrected chi connectivity index (χ2v) is 5.60. The lowest BCUT2D eigenvalue weighted by Gasteiger charge is -2.25. The van der Waals surface area contributed by atoms with E-state index in [2.05, 4.69) is 22.8 Å². The molecule has 1 atom stereocenters. The van der Waals surface area contributed by atoms with Crippen molar-refractivity contribution in [3.8, 4) is 0 Å². The minimum atomic E-state index is 0. The fourth-order valence-electron chi connectivity index (χ4n) is 2.11. The third-order valence-electron chi connectivity index (χ3n) is 3.06. The van der Waals surface area contributed by atoms with E-state index in [9.17, 15) is 4.79 Å². The molecular weight excluding hydrogens is 296 g/mol. The molecule has 0 fully saturated rings. The first kappa shape index (κ1) is 17.3. The number of nitrogens with one attached hydrogen (secondary N) is 2. The van der Waals surface area contributed by atoms with Gasteiger partial charge in [0.25, 0.3) is 0 Å². The van der Waals surface area contributed by atoms with Gasteiger partial charge in [0.05, 0.1) is 19.2 Å². The van der Waals surface area contributed by atoms with Crippen LogP contribution in [0.3, 0.4) is 0 Å². The molecule has 112 valence electrons. The number of rotatable bonds is 6. The first-order chi connectivity index (χ1) is 9.31. The van der Waals surface area contributed by atoms with Crippen LogP contribution in [0.2, 0.25) is 0 Å². The van der Waals surface area contributed by atoms with Gasteiger partial charge in [-0.25, -0.2) is 0 Å². The summed E-state index contributed by atoms with van der Waals surface area (Å²) in [5, 5.41) is 6.15. The Hall–Kier alpha value is -0.750. The van der Waals surface area contributed by atoms with Crippen molar-refractivity contribution in [2.24, 2.45) is 0 Å². The van der Waals surface area contributed by atoms with Crippen molar-refractivity contribution >= 4 is 30.1 Å². The lowest BCUT2D eigenvalue weighted by Crippen LogP contribution is -2.38. The highest BCUT2D eigenvalue weighted by molar-refractivity contribution is 7.99. The predicted molar refractivity (Wildman–Crippen MR) is 84.7 cm³/mol. The van der Waals surface area contributed by atoms with E-state index in [1.807, 2.05) is 23.9 Å². The van der Waals surface area contributed by atoms with Crippen LogP contribution in [0, 0.1) is 0 Å². The SMILES string of the molecule is COCCNCC(=O)NC1CCSc2ccccc21.Cl. The van der Waals surface area contributed by atoms with Gasteiger partial charge < -0.3 is 15.4 Å². The maximum Gasteiger partial charge on any atom is 0.234 e. The Labute approximate surface area is 130 Å². The highest BCUT2D eigenvalue weighted by Crippen LogP contribution is 2.35. The molecule has 20 heavy (non-hydrogen) atoms. The maximum absolute atomic E-state index is 11.9. The van der Waals surface area contributed by atoms with Crippen LogP contribution < -0.4 is 10.6 Å². The number of carbonyl (C=O) groups excluding carboxylic acids is 1. The van der Waals surface area contributed by atoms with E-state index in [0.717, 1.165) is 12.2 Å². The molecule has 2 N–H and O–H groups in total. The van der Waals surface area contributed by atoms with Gasteiger partial charge in [-0.1, -0.05) is 18.2 Å². The van der Waals surface area contributed by atoms with Crippen LogP contribution in [-0.4, -0.2) is 38.5 Å². The van der Waals surface area contributed by atoms with Gasteiger partial charge in [-0.15, -0.1) is 24.2 Å². The first-order valence-corrected chi connectivity index (χ1v) is 7.50. The number of amides is 1. The summed E-state index contributed by atoms with van der Waals surface area (Å²) in [4.78, 5) is 13.1. The van der Waals surface area contributed by atoms with Gasteiger partial charge in [-0.05, 0) is 18.1 Å². The number of methoxy groups -OCH3 is 1. The van der Waals surface area contributed by atoms with E-state index < -0.39 is 0 Å². The van der Waals surface area contributed by atoms with Gasteiger partial charge in [0, 0.05) is 24.3 Å². The molecule has 0 radical (unpaired) electrons. The summed E-state index contributed by atoms with van der Waals surface area (Å²) in [5.74, 6) is 1.10. The van der Waals surface area contributed by atoms with Crippen LogP contribution in [0.5, 0.6) is 0 Å². The molecule has 0 aromatic heterocycles. The molecule has 6 heteroatoms. The van der Waals surface area contributed by atoms with Gasteiger partial charge in [0.2, 0.25) is 5.91 Å². The lowest BCUT2D eigenvalue weighted by atomic mass is 10.0. The minimum Gasteiger partial charge on any atom is -0.383 e. The summed E-state index contributed by atoms with van der Waals surface area (Å²) in [6.07, 6.45) is 0.992. The monoisotopic (exact) mass is 316 g/mol. The number of hydrogen-bond acceptors (Lipinski definition) is 4. The molecule has 0 bridgehead atoms. The van der Waals surface area contributed by atoms with Crippen molar-refractivity contribution < 1.29 is 9.53 Å². The van der Waals surface area contributed by atoms with Crippen LogP contribution >= 0.6 is 24.2 Å². The molecule has 1 unspecified atom stereocenters. The van der Waals surface area contributed by atoms with E-state index in [1.54, 1.807) is 7.11 Å². The van der Waals surface area contributed by atoms with Crippen molar-refractivity contribution in [1.82, 2.24) is 10.6 Å². The summed E-state index contributed by atoms with van der Waals surface area (Å²) in [7, 11) is 1.65. The average molecular weight is 317 g/mol. The molecule has 4 nitrogen and oxygen atoms in total. The fourth-order valence-corrected chi connectivity index (χ4v) is 3.24. The van der Waals surface area contributed by atoms with Crippen molar-refractivity contribution in [1.29, 1.82) is 0 Å². The van der Waals surface area contributed by atoms with Gasteiger partial charge in [0.1, 0.15) is 0 Å². The number of ether oxygens (including phenoxy) is 1. The zero-order valence-electron chi connectivity index (χ0n) is 11.6. The molecule has 1 heterocycles. The van der Waals surface area contributed by atoms with Crippen molar-refractivity contribution in [3.05, 3.63) is 29.8 Å². The largest absolute Gasteiger partial charge is 0.383 e. The Kier molecular flexibility index (Phi) is 7.99. The Morgan fingerprint density at radius 3 is 3.05 bits per heavy atom. The Balaban J connectivity index is 0.00000200. The van der Waals surface area contributed by atoms with E-state index in [0.29, 0.717) is 19.7 Å². The fraction of sp³-hybridized carbons (Fsp3) is 0.500. The molecule has 1 aliphatic heterocycles. The van der Waals surface area contributed by atoms with Gasteiger partial charge >= 0.3 is 0 Å². The number of hydrogen-bond donors (Lipinski definition) is 2. The van der Waals surface area contributed by atoms with Crippen LogP contribution in [0.15, 0.2) is 29.2 Å². The standard InChI is InChI=1S/C14H20N2O2S.ClH/c1-18-8-7-15-10-14(17)16-12-6-9-19-13-5-3-2-4-11(12)13;/h2-5,12,15H,6-10H2,1H3,(H,16,17);1H. The second-order valence-electron chi connectivity index (χ2n) is 4.46. The topological polar surface area (TPSA) is 50.4 Å². The molecular formula is C14H21ClN2O2S. The van der Waals surface area contributed by atoms with Crippen LogP contribution in [0.4, 0.5) is 0 Å². The molecule has 0 saturated carbocycles. The van der Waals surface area contributed by atoms with Gasteiger partial charge in [-0.2, -0.15) is 0 Å². The summed E-state index contributed by atoms with van der Waals surface area (Å²) >= 11 is 1.86. The molecule has 0 saturated heterocycles.